The number of nitrogens with zero attached hydrogens (tertiary/aromatic N) is 3. The normalized spacial score (nSPS) is 22.8. The van der Waals surface area contributed by atoms with Gasteiger partial charge in [-0.2, -0.15) is 0 Å². The molecular weight excluding hydrogens is 509 g/mol. The van der Waals surface area contributed by atoms with Gasteiger partial charge in [-0.3, -0.25) is 14.5 Å². The highest BCUT2D eigenvalue weighted by atomic mass is 19.1. The number of rotatable bonds is 6. The third kappa shape index (κ3) is 5.21. The molecule has 0 radical (unpaired) electrons. The molecule has 1 saturated heterocycles. The van der Waals surface area contributed by atoms with Gasteiger partial charge in [0.2, 0.25) is 5.91 Å². The number of hydrogen-bond acceptors (Lipinski definition) is 7. The van der Waals surface area contributed by atoms with E-state index in [2.05, 4.69) is 27.9 Å². The summed E-state index contributed by atoms with van der Waals surface area (Å²) in [6.07, 6.45) is 3.60. The van der Waals surface area contributed by atoms with Crippen molar-refractivity contribution in [3.8, 4) is 0 Å². The summed E-state index contributed by atoms with van der Waals surface area (Å²) >= 11 is 0. The van der Waals surface area contributed by atoms with Gasteiger partial charge < -0.3 is 20.5 Å². The van der Waals surface area contributed by atoms with Crippen molar-refractivity contribution in [3.63, 3.8) is 0 Å². The lowest BCUT2D eigenvalue weighted by molar-refractivity contribution is -0.119. The lowest BCUT2D eigenvalue weighted by atomic mass is 9.75. The average molecular weight is 544 g/mol. The number of anilines is 2. The van der Waals surface area contributed by atoms with Crippen LogP contribution in [0.5, 0.6) is 0 Å². The van der Waals surface area contributed by atoms with E-state index in [1.165, 1.54) is 12.1 Å². The summed E-state index contributed by atoms with van der Waals surface area (Å²) in [5, 5.41) is 22.9. The summed E-state index contributed by atoms with van der Waals surface area (Å²) in [7, 11) is 0. The molecule has 5 rings (SSSR count). The Hall–Kier alpha value is -3.54. The Bertz CT molecular complexity index is 1250. The lowest BCUT2D eigenvalue weighted by Gasteiger charge is -2.34. The SMILES string of the molecule is CCc1nonc1C(=O)NC(C(=O)Nc1cc(F)c2c(c1)N(C(=O)O)CC21CCOCC1)C1CCC(C)CC1. The van der Waals surface area contributed by atoms with Gasteiger partial charge in [0.25, 0.3) is 5.91 Å². The Balaban J connectivity index is 1.42. The molecule has 2 aromatic rings. The number of halogens is 1. The fourth-order valence-electron chi connectivity index (χ4n) is 6.27. The van der Waals surface area contributed by atoms with Gasteiger partial charge in [0, 0.05) is 36.4 Å². The highest BCUT2D eigenvalue weighted by molar-refractivity contribution is 6.01. The maximum absolute atomic E-state index is 15.6. The first kappa shape index (κ1) is 27.0. The van der Waals surface area contributed by atoms with Crippen molar-refractivity contribution in [1.82, 2.24) is 15.6 Å². The van der Waals surface area contributed by atoms with E-state index in [1.54, 1.807) is 0 Å². The van der Waals surface area contributed by atoms with Crippen molar-refractivity contribution in [3.05, 3.63) is 34.9 Å². The van der Waals surface area contributed by atoms with Gasteiger partial charge in [0.1, 0.15) is 17.6 Å². The Kier molecular flexibility index (Phi) is 7.57. The summed E-state index contributed by atoms with van der Waals surface area (Å²) in [6, 6.07) is 1.84. The minimum atomic E-state index is -1.18. The van der Waals surface area contributed by atoms with Crippen LogP contribution in [0, 0.1) is 17.7 Å². The molecule has 210 valence electrons. The fraction of sp³-hybridized carbons (Fsp3) is 0.593. The Morgan fingerprint density at radius 2 is 1.90 bits per heavy atom. The largest absolute Gasteiger partial charge is 0.465 e. The third-order valence-electron chi connectivity index (χ3n) is 8.51. The van der Waals surface area contributed by atoms with Crippen LogP contribution in [-0.2, 0) is 21.4 Å². The number of carbonyl (C=O) groups is 3. The first-order chi connectivity index (χ1) is 18.7. The Labute approximate surface area is 225 Å². The molecule has 1 aromatic carbocycles. The Morgan fingerprint density at radius 3 is 2.56 bits per heavy atom. The van der Waals surface area contributed by atoms with Crippen LogP contribution in [0.25, 0.3) is 0 Å². The second-order valence-electron chi connectivity index (χ2n) is 11.0. The molecule has 3 amide bonds. The molecule has 3 heterocycles. The third-order valence-corrected chi connectivity index (χ3v) is 8.51. The number of nitrogens with one attached hydrogen (secondary N) is 2. The topological polar surface area (TPSA) is 147 Å². The minimum Gasteiger partial charge on any atom is -0.465 e. The average Bonchev–Trinajstić information content (AvgIpc) is 3.51. The zero-order valence-electron chi connectivity index (χ0n) is 22.2. The molecule has 3 aliphatic rings. The molecule has 0 bridgehead atoms. The molecular formula is C27H34FN5O6. The highest BCUT2D eigenvalue weighted by Gasteiger charge is 2.48. The van der Waals surface area contributed by atoms with Crippen molar-refractivity contribution in [2.75, 3.05) is 30.0 Å². The number of fused-ring (bicyclic) bond motifs is 2. The van der Waals surface area contributed by atoms with Crippen molar-refractivity contribution in [2.24, 2.45) is 11.8 Å². The van der Waals surface area contributed by atoms with E-state index < -0.39 is 35.2 Å². The zero-order valence-corrected chi connectivity index (χ0v) is 22.2. The van der Waals surface area contributed by atoms with Crippen molar-refractivity contribution in [2.45, 2.75) is 70.3 Å². The van der Waals surface area contributed by atoms with Gasteiger partial charge in [0.15, 0.2) is 5.69 Å². The molecule has 12 heteroatoms. The number of amides is 3. The number of carboxylic acid groups (broad SMARTS) is 1. The van der Waals surface area contributed by atoms with Crippen LogP contribution in [0.1, 0.15) is 74.1 Å². The van der Waals surface area contributed by atoms with Crippen molar-refractivity contribution < 1.29 is 33.2 Å². The van der Waals surface area contributed by atoms with Crippen LogP contribution in [0.4, 0.5) is 20.6 Å². The van der Waals surface area contributed by atoms with E-state index in [9.17, 15) is 19.5 Å². The molecule has 3 N–H and O–H groups in total. The number of ether oxygens (including phenoxy) is 1. The molecule has 1 aromatic heterocycles. The monoisotopic (exact) mass is 543 g/mol. The number of aryl methyl sites for hydroxylation is 1. The lowest BCUT2D eigenvalue weighted by Crippen LogP contribution is -2.49. The molecule has 2 fully saturated rings. The molecule has 1 spiro atoms. The van der Waals surface area contributed by atoms with Crippen LogP contribution >= 0.6 is 0 Å². The number of carbonyl (C=O) groups excluding carboxylic acids is 2. The van der Waals surface area contributed by atoms with Gasteiger partial charge in [0.05, 0.1) is 5.69 Å². The van der Waals surface area contributed by atoms with Gasteiger partial charge >= 0.3 is 6.09 Å². The van der Waals surface area contributed by atoms with Crippen LogP contribution in [-0.4, -0.2) is 59.1 Å². The number of aromatic nitrogens is 2. The fourth-order valence-corrected chi connectivity index (χ4v) is 6.27. The summed E-state index contributed by atoms with van der Waals surface area (Å²) in [6.45, 7) is 4.96. The highest BCUT2D eigenvalue weighted by Crippen LogP contribution is 2.49. The molecule has 1 saturated carbocycles. The standard InChI is InChI=1S/C27H34FN5O6/c1-3-19-23(32-39-31-19)25(35)30-22(16-6-4-15(2)5-7-16)24(34)29-17-12-18(28)21-20(13-17)33(26(36)37)14-27(21)8-10-38-11-9-27/h12-13,15-16,22H,3-11,14H2,1-2H3,(H,29,34)(H,30,35)(H,36,37). The van der Waals surface area contributed by atoms with E-state index >= 15 is 4.39 Å². The summed E-state index contributed by atoms with van der Waals surface area (Å²) in [5.41, 5.74) is 0.474. The van der Waals surface area contributed by atoms with Crippen LogP contribution in [0.3, 0.4) is 0 Å². The van der Waals surface area contributed by atoms with E-state index in [-0.39, 0.29) is 29.5 Å². The molecule has 11 nitrogen and oxygen atoms in total. The summed E-state index contributed by atoms with van der Waals surface area (Å²) in [4.78, 5) is 39.9. The maximum Gasteiger partial charge on any atom is 0.411 e. The number of benzene rings is 1. The van der Waals surface area contributed by atoms with E-state index in [1.807, 2.05) is 6.92 Å². The van der Waals surface area contributed by atoms with Crippen LogP contribution in [0.15, 0.2) is 16.8 Å². The first-order valence-corrected chi connectivity index (χ1v) is 13.6. The van der Waals surface area contributed by atoms with E-state index in [4.69, 9.17) is 9.37 Å². The Morgan fingerprint density at radius 1 is 1.18 bits per heavy atom. The van der Waals surface area contributed by atoms with Crippen LogP contribution in [0.2, 0.25) is 0 Å². The van der Waals surface area contributed by atoms with E-state index in [0.717, 1.165) is 30.6 Å². The molecule has 39 heavy (non-hydrogen) atoms. The van der Waals surface area contributed by atoms with Gasteiger partial charge in [-0.1, -0.05) is 31.8 Å². The van der Waals surface area contributed by atoms with Crippen molar-refractivity contribution in [1.29, 1.82) is 0 Å². The molecule has 1 aliphatic carbocycles. The van der Waals surface area contributed by atoms with E-state index in [0.29, 0.717) is 49.7 Å². The number of hydrogen-bond donors (Lipinski definition) is 3. The van der Waals surface area contributed by atoms with Gasteiger partial charge in [-0.05, 0) is 61.2 Å². The molecule has 1 atom stereocenters. The van der Waals surface area contributed by atoms with Crippen molar-refractivity contribution >= 4 is 29.3 Å². The zero-order chi connectivity index (χ0) is 27.7. The molecule has 1 unspecified atom stereocenters. The smallest absolute Gasteiger partial charge is 0.411 e. The first-order valence-electron chi connectivity index (χ1n) is 13.6. The van der Waals surface area contributed by atoms with Gasteiger partial charge in [-0.15, -0.1) is 0 Å². The summed E-state index contributed by atoms with van der Waals surface area (Å²) < 4.78 is 25.8. The molecule has 2 aliphatic heterocycles. The quantitative estimate of drug-likeness (QED) is 0.497. The second-order valence-corrected chi connectivity index (χ2v) is 11.0. The second kappa shape index (κ2) is 10.9. The summed E-state index contributed by atoms with van der Waals surface area (Å²) in [5.74, 6) is -1.24. The van der Waals surface area contributed by atoms with Crippen LogP contribution < -0.4 is 15.5 Å². The predicted molar refractivity (Wildman–Crippen MR) is 138 cm³/mol. The minimum absolute atomic E-state index is 0.0295. The maximum atomic E-state index is 15.6. The predicted octanol–water partition coefficient (Wildman–Crippen LogP) is 3.88. The van der Waals surface area contributed by atoms with Gasteiger partial charge in [-0.25, -0.2) is 13.8 Å².